The van der Waals surface area contributed by atoms with Crippen LogP contribution in [-0.2, 0) is 0 Å². The molecule has 0 bridgehead atoms. The van der Waals surface area contributed by atoms with Gasteiger partial charge in [-0.05, 0) is 24.3 Å². The molecule has 2 aromatic carbocycles. The quantitative estimate of drug-likeness (QED) is 0.530. The Labute approximate surface area is 150 Å². The number of nitrogen functional groups attached to an aromatic ring is 1. The van der Waals surface area contributed by atoms with E-state index in [9.17, 15) is 0 Å². The Bertz CT molecular complexity index is 881. The molecular weight excluding hydrogens is 344 g/mol. The third-order valence-electron chi connectivity index (χ3n) is 3.58. The topological polar surface area (TPSA) is 75.8 Å². The maximum absolute atomic E-state index is 6.05. The van der Waals surface area contributed by atoms with Crippen LogP contribution in [0.15, 0.2) is 42.5 Å². The third kappa shape index (κ3) is 3.64. The number of nitrogens with two attached hydrogens (primary N) is 1. The van der Waals surface area contributed by atoms with Gasteiger partial charge < -0.3 is 24.7 Å². The summed E-state index contributed by atoms with van der Waals surface area (Å²) in [4.78, 5) is 4.43. The fourth-order valence-electron chi connectivity index (χ4n) is 2.34. The molecule has 0 saturated heterocycles. The Kier molecular flexibility index (Phi) is 5.00. The standard InChI is InChI=1S/C18H17ClN2O4/c1-22-15-8-11-6-7-17(21-14(11)9-16(15)23-2)24-10-25-18-12(19)4-3-5-13(18)20/h3-9H,10,20H2,1-2H3. The van der Waals surface area contributed by atoms with Crippen molar-refractivity contribution in [3.05, 3.63) is 47.5 Å². The second-order valence-corrected chi connectivity index (χ2v) is 5.52. The molecule has 25 heavy (non-hydrogen) atoms. The number of hydrogen-bond donors (Lipinski definition) is 1. The van der Waals surface area contributed by atoms with E-state index in [1.807, 2.05) is 12.1 Å². The molecule has 0 aliphatic carbocycles. The van der Waals surface area contributed by atoms with E-state index in [0.29, 0.717) is 39.4 Å². The van der Waals surface area contributed by atoms with Crippen LogP contribution in [0.5, 0.6) is 23.1 Å². The number of nitrogens with zero attached hydrogens (tertiary/aromatic N) is 1. The molecule has 0 fully saturated rings. The van der Waals surface area contributed by atoms with Crippen LogP contribution in [0.3, 0.4) is 0 Å². The molecule has 0 aliphatic heterocycles. The van der Waals surface area contributed by atoms with Crippen LogP contribution < -0.4 is 24.7 Å². The smallest absolute Gasteiger partial charge is 0.232 e. The van der Waals surface area contributed by atoms with Gasteiger partial charge in [-0.25, -0.2) is 4.98 Å². The van der Waals surface area contributed by atoms with Gasteiger partial charge in [-0.2, -0.15) is 0 Å². The highest BCUT2D eigenvalue weighted by atomic mass is 35.5. The lowest BCUT2D eigenvalue weighted by Gasteiger charge is -2.12. The van der Waals surface area contributed by atoms with Crippen molar-refractivity contribution >= 4 is 28.2 Å². The van der Waals surface area contributed by atoms with E-state index < -0.39 is 0 Å². The van der Waals surface area contributed by atoms with E-state index >= 15 is 0 Å². The molecule has 0 saturated carbocycles. The number of hydrogen-bond acceptors (Lipinski definition) is 6. The molecule has 6 nitrogen and oxygen atoms in total. The molecule has 0 atom stereocenters. The van der Waals surface area contributed by atoms with Crippen LogP contribution in [0.4, 0.5) is 5.69 Å². The van der Waals surface area contributed by atoms with Crippen molar-refractivity contribution < 1.29 is 18.9 Å². The van der Waals surface area contributed by atoms with Crippen molar-refractivity contribution in [2.45, 2.75) is 0 Å². The first kappa shape index (κ1) is 17.0. The van der Waals surface area contributed by atoms with E-state index in [1.165, 1.54) is 0 Å². The zero-order valence-electron chi connectivity index (χ0n) is 13.8. The van der Waals surface area contributed by atoms with Crippen molar-refractivity contribution in [1.29, 1.82) is 0 Å². The maximum atomic E-state index is 6.05. The van der Waals surface area contributed by atoms with E-state index in [0.717, 1.165) is 5.39 Å². The van der Waals surface area contributed by atoms with E-state index in [1.54, 1.807) is 44.6 Å². The van der Waals surface area contributed by atoms with Crippen LogP contribution in [-0.4, -0.2) is 26.0 Å². The normalized spacial score (nSPS) is 10.5. The number of anilines is 1. The lowest BCUT2D eigenvalue weighted by Crippen LogP contribution is -2.08. The minimum absolute atomic E-state index is 0.0697. The van der Waals surface area contributed by atoms with Crippen LogP contribution in [0.25, 0.3) is 10.9 Å². The highest BCUT2D eigenvalue weighted by Gasteiger charge is 2.09. The number of methoxy groups -OCH3 is 2. The van der Waals surface area contributed by atoms with Crippen molar-refractivity contribution in [1.82, 2.24) is 4.98 Å². The van der Waals surface area contributed by atoms with Crippen molar-refractivity contribution in [2.75, 3.05) is 26.7 Å². The average Bonchev–Trinajstić information content (AvgIpc) is 2.62. The van der Waals surface area contributed by atoms with Crippen molar-refractivity contribution in [2.24, 2.45) is 0 Å². The van der Waals surface area contributed by atoms with Gasteiger partial charge in [-0.3, -0.25) is 0 Å². The van der Waals surface area contributed by atoms with E-state index in [4.69, 9.17) is 36.3 Å². The number of aromatic nitrogens is 1. The van der Waals surface area contributed by atoms with Gasteiger partial charge in [0.1, 0.15) is 0 Å². The Balaban J connectivity index is 1.76. The van der Waals surface area contributed by atoms with Crippen molar-refractivity contribution in [3.63, 3.8) is 0 Å². The summed E-state index contributed by atoms with van der Waals surface area (Å²) in [6.45, 7) is -0.0697. The van der Waals surface area contributed by atoms with Gasteiger partial charge in [-0.1, -0.05) is 17.7 Å². The molecule has 3 rings (SSSR count). The van der Waals surface area contributed by atoms with Gasteiger partial charge in [-0.15, -0.1) is 0 Å². The van der Waals surface area contributed by atoms with E-state index in [2.05, 4.69) is 4.98 Å². The molecule has 0 spiro atoms. The fourth-order valence-corrected chi connectivity index (χ4v) is 2.57. The molecular formula is C18H17ClN2O4. The zero-order chi connectivity index (χ0) is 17.8. The molecule has 1 aromatic heterocycles. The first-order valence-corrected chi connectivity index (χ1v) is 7.82. The lowest BCUT2D eigenvalue weighted by molar-refractivity contribution is 0.116. The molecule has 0 amide bonds. The summed E-state index contributed by atoms with van der Waals surface area (Å²) in [5.74, 6) is 2.03. The summed E-state index contributed by atoms with van der Waals surface area (Å²) >= 11 is 6.05. The maximum Gasteiger partial charge on any atom is 0.232 e. The first-order valence-electron chi connectivity index (χ1n) is 7.44. The van der Waals surface area contributed by atoms with Crippen LogP contribution >= 0.6 is 11.6 Å². The SMILES string of the molecule is COc1cc2ccc(OCOc3c(N)cccc3Cl)nc2cc1OC. The lowest BCUT2D eigenvalue weighted by atomic mass is 10.2. The van der Waals surface area contributed by atoms with Gasteiger partial charge in [0.2, 0.25) is 12.7 Å². The molecule has 2 N–H and O–H groups in total. The predicted octanol–water partition coefficient (Wildman–Crippen LogP) is 3.90. The Morgan fingerprint density at radius 2 is 1.76 bits per heavy atom. The van der Waals surface area contributed by atoms with Gasteiger partial charge in [0.15, 0.2) is 17.2 Å². The minimum atomic E-state index is -0.0697. The third-order valence-corrected chi connectivity index (χ3v) is 3.87. The molecule has 7 heteroatoms. The number of pyridine rings is 1. The van der Waals surface area contributed by atoms with Gasteiger partial charge >= 0.3 is 0 Å². The fraction of sp³-hybridized carbons (Fsp3) is 0.167. The Morgan fingerprint density at radius 3 is 2.48 bits per heavy atom. The minimum Gasteiger partial charge on any atom is -0.493 e. The number of para-hydroxylation sites is 1. The summed E-state index contributed by atoms with van der Waals surface area (Å²) in [5, 5.41) is 1.33. The van der Waals surface area contributed by atoms with Gasteiger partial charge in [0.05, 0.1) is 30.4 Å². The summed E-state index contributed by atoms with van der Waals surface area (Å²) in [7, 11) is 3.16. The summed E-state index contributed by atoms with van der Waals surface area (Å²) < 4.78 is 21.6. The number of rotatable bonds is 6. The first-order chi connectivity index (χ1) is 12.1. The number of halogens is 1. The number of benzene rings is 2. The monoisotopic (exact) mass is 360 g/mol. The average molecular weight is 361 g/mol. The molecule has 3 aromatic rings. The van der Waals surface area contributed by atoms with Gasteiger partial charge in [0.25, 0.3) is 0 Å². The highest BCUT2D eigenvalue weighted by molar-refractivity contribution is 6.32. The summed E-state index contributed by atoms with van der Waals surface area (Å²) in [6.07, 6.45) is 0. The summed E-state index contributed by atoms with van der Waals surface area (Å²) in [6, 6.07) is 12.4. The van der Waals surface area contributed by atoms with Crippen LogP contribution in [0, 0.1) is 0 Å². The Morgan fingerprint density at radius 1 is 1.00 bits per heavy atom. The second-order valence-electron chi connectivity index (χ2n) is 5.11. The molecule has 0 aliphatic rings. The zero-order valence-corrected chi connectivity index (χ0v) is 14.5. The predicted molar refractivity (Wildman–Crippen MR) is 96.8 cm³/mol. The number of fused-ring (bicyclic) bond motifs is 1. The second kappa shape index (κ2) is 7.36. The largest absolute Gasteiger partial charge is 0.493 e. The molecule has 0 unspecified atom stereocenters. The molecule has 0 radical (unpaired) electrons. The van der Waals surface area contributed by atoms with E-state index in [-0.39, 0.29) is 6.79 Å². The van der Waals surface area contributed by atoms with Crippen LogP contribution in [0.2, 0.25) is 5.02 Å². The summed E-state index contributed by atoms with van der Waals surface area (Å²) in [5.41, 5.74) is 6.99. The number of ether oxygens (including phenoxy) is 4. The Hall–Kier alpha value is -2.86. The highest BCUT2D eigenvalue weighted by Crippen LogP contribution is 2.33. The van der Waals surface area contributed by atoms with Crippen LogP contribution in [0.1, 0.15) is 0 Å². The van der Waals surface area contributed by atoms with Gasteiger partial charge in [0, 0.05) is 17.5 Å². The van der Waals surface area contributed by atoms with Crippen molar-refractivity contribution in [3.8, 4) is 23.1 Å². The molecule has 1 heterocycles. The molecule has 130 valence electrons.